The van der Waals surface area contributed by atoms with Crippen molar-refractivity contribution in [2.45, 2.75) is 6.92 Å². The molecule has 22 heavy (non-hydrogen) atoms. The van der Waals surface area contributed by atoms with E-state index in [9.17, 15) is 19.5 Å². The largest absolute Gasteiger partial charge is 0.494 e. The number of esters is 1. The highest BCUT2D eigenvalue weighted by molar-refractivity contribution is 6.42. The zero-order valence-corrected chi connectivity index (χ0v) is 12.4. The predicted molar refractivity (Wildman–Crippen MR) is 79.8 cm³/mol. The fourth-order valence-corrected chi connectivity index (χ4v) is 1.91. The van der Waals surface area contributed by atoms with Gasteiger partial charge in [0, 0.05) is 14.1 Å². The summed E-state index contributed by atoms with van der Waals surface area (Å²) in [5.41, 5.74) is -0.968. The Morgan fingerprint density at radius 1 is 1.32 bits per heavy atom. The number of allylic oxidation sites excluding steroid dienone is 1. The van der Waals surface area contributed by atoms with Crippen molar-refractivity contribution in [3.63, 3.8) is 0 Å². The molecule has 0 saturated carbocycles. The Kier molecular flexibility index (Phi) is 4.11. The Labute approximate surface area is 125 Å². The van der Waals surface area contributed by atoms with Crippen LogP contribution in [0.3, 0.4) is 0 Å². The second-order valence-corrected chi connectivity index (χ2v) is 4.56. The molecule has 0 atom stereocenters. The van der Waals surface area contributed by atoms with Crippen molar-refractivity contribution in [2.75, 3.05) is 6.61 Å². The summed E-state index contributed by atoms with van der Waals surface area (Å²) >= 11 is 0. The van der Waals surface area contributed by atoms with Gasteiger partial charge in [0.2, 0.25) is 5.88 Å². The second-order valence-electron chi connectivity index (χ2n) is 4.56. The first-order valence-corrected chi connectivity index (χ1v) is 6.51. The van der Waals surface area contributed by atoms with Gasteiger partial charge in [0.25, 0.3) is 5.56 Å². The Morgan fingerprint density at radius 3 is 2.64 bits per heavy atom. The van der Waals surface area contributed by atoms with Gasteiger partial charge in [-0.3, -0.25) is 13.9 Å². The number of hydrogen-bond donors (Lipinski definition) is 1. The van der Waals surface area contributed by atoms with E-state index in [-0.39, 0.29) is 17.9 Å². The van der Waals surface area contributed by atoms with E-state index in [1.54, 1.807) is 6.92 Å². The van der Waals surface area contributed by atoms with Crippen molar-refractivity contribution >= 4 is 17.8 Å². The molecular formula is C14H15N3O5. The highest BCUT2D eigenvalue weighted by Gasteiger charge is 2.17. The number of aliphatic imine (C=N–C) groups is 1. The van der Waals surface area contributed by atoms with Crippen LogP contribution < -0.4 is 11.2 Å². The molecule has 0 fully saturated rings. The van der Waals surface area contributed by atoms with Gasteiger partial charge in [0.15, 0.2) is 0 Å². The molecule has 0 unspecified atom stereocenters. The predicted octanol–water partition coefficient (Wildman–Crippen LogP) is -0.296. The van der Waals surface area contributed by atoms with Crippen molar-refractivity contribution in [3.05, 3.63) is 44.3 Å². The molecule has 116 valence electrons. The van der Waals surface area contributed by atoms with Gasteiger partial charge in [-0.2, -0.15) is 0 Å². The third-order valence-electron chi connectivity index (χ3n) is 3.11. The van der Waals surface area contributed by atoms with Crippen molar-refractivity contribution in [2.24, 2.45) is 19.1 Å². The molecule has 0 saturated heterocycles. The van der Waals surface area contributed by atoms with Crippen molar-refractivity contribution < 1.29 is 14.6 Å². The lowest BCUT2D eigenvalue weighted by Crippen LogP contribution is -2.37. The zero-order valence-electron chi connectivity index (χ0n) is 12.4. The van der Waals surface area contributed by atoms with E-state index in [1.807, 2.05) is 0 Å². The van der Waals surface area contributed by atoms with Crippen LogP contribution in [0.2, 0.25) is 0 Å². The molecule has 0 radical (unpaired) electrons. The molecule has 8 nitrogen and oxygen atoms in total. The molecule has 2 rings (SSSR count). The maximum atomic E-state index is 12.0. The van der Waals surface area contributed by atoms with Crippen LogP contribution >= 0.6 is 0 Å². The molecule has 2 heterocycles. The van der Waals surface area contributed by atoms with Crippen LogP contribution in [-0.2, 0) is 23.6 Å². The maximum Gasteiger partial charge on any atom is 0.356 e. The SMILES string of the molecule is CCOC(=O)C1=NC(=Cc2c(O)n(C)c(=O)n(C)c2=O)C=C1. The Hall–Kier alpha value is -2.90. The van der Waals surface area contributed by atoms with E-state index in [2.05, 4.69) is 4.99 Å². The Morgan fingerprint density at radius 2 is 2.00 bits per heavy atom. The summed E-state index contributed by atoms with van der Waals surface area (Å²) in [5.74, 6) is -1.03. The molecule has 1 N–H and O–H groups in total. The third kappa shape index (κ3) is 2.62. The van der Waals surface area contributed by atoms with Crippen LogP contribution in [0.15, 0.2) is 32.4 Å². The highest BCUT2D eigenvalue weighted by atomic mass is 16.5. The van der Waals surface area contributed by atoms with Crippen LogP contribution in [0.5, 0.6) is 5.88 Å². The molecule has 0 spiro atoms. The lowest BCUT2D eigenvalue weighted by molar-refractivity contribution is -0.134. The third-order valence-corrected chi connectivity index (χ3v) is 3.11. The molecule has 8 heteroatoms. The molecule has 0 amide bonds. The van der Waals surface area contributed by atoms with Crippen molar-refractivity contribution in [1.82, 2.24) is 9.13 Å². The zero-order chi connectivity index (χ0) is 16.4. The summed E-state index contributed by atoms with van der Waals surface area (Å²) in [6.07, 6.45) is 4.27. The molecule has 1 aliphatic heterocycles. The first-order chi connectivity index (χ1) is 10.4. The molecule has 0 aliphatic carbocycles. The van der Waals surface area contributed by atoms with Crippen molar-refractivity contribution in [1.29, 1.82) is 0 Å². The smallest absolute Gasteiger partial charge is 0.356 e. The molecule has 1 aromatic rings. The molecule has 0 aromatic carbocycles. The lowest BCUT2D eigenvalue weighted by atomic mass is 10.2. The fraction of sp³-hybridized carbons (Fsp3) is 0.286. The number of aromatic hydroxyl groups is 1. The number of ether oxygens (including phenoxy) is 1. The topological polar surface area (TPSA) is 103 Å². The fourth-order valence-electron chi connectivity index (χ4n) is 1.91. The van der Waals surface area contributed by atoms with Crippen LogP contribution in [0.25, 0.3) is 6.08 Å². The summed E-state index contributed by atoms with van der Waals surface area (Å²) in [4.78, 5) is 39.3. The summed E-state index contributed by atoms with van der Waals surface area (Å²) in [6.45, 7) is 1.91. The average molecular weight is 305 g/mol. The summed E-state index contributed by atoms with van der Waals surface area (Å²) < 4.78 is 6.64. The minimum Gasteiger partial charge on any atom is -0.494 e. The highest BCUT2D eigenvalue weighted by Crippen LogP contribution is 2.17. The Balaban J connectivity index is 2.49. The minimum atomic E-state index is -0.652. The van der Waals surface area contributed by atoms with Gasteiger partial charge in [0.1, 0.15) is 11.3 Å². The summed E-state index contributed by atoms with van der Waals surface area (Å²) in [6, 6.07) is 0. The quantitative estimate of drug-likeness (QED) is 0.773. The van der Waals surface area contributed by atoms with E-state index in [4.69, 9.17) is 4.74 Å². The van der Waals surface area contributed by atoms with Crippen LogP contribution in [-0.4, -0.2) is 32.5 Å². The van der Waals surface area contributed by atoms with Gasteiger partial charge in [-0.1, -0.05) is 0 Å². The first kappa shape index (κ1) is 15.5. The van der Waals surface area contributed by atoms with Crippen LogP contribution in [0.4, 0.5) is 0 Å². The molecule has 0 bridgehead atoms. The average Bonchev–Trinajstić information content (AvgIpc) is 2.96. The van der Waals surface area contributed by atoms with Gasteiger partial charge >= 0.3 is 11.7 Å². The maximum absolute atomic E-state index is 12.0. The number of aromatic nitrogens is 2. The van der Waals surface area contributed by atoms with Gasteiger partial charge in [-0.15, -0.1) is 0 Å². The number of nitrogens with zero attached hydrogens (tertiary/aromatic N) is 3. The van der Waals surface area contributed by atoms with E-state index in [0.717, 1.165) is 9.13 Å². The molecular weight excluding hydrogens is 290 g/mol. The number of hydrogen-bond acceptors (Lipinski definition) is 6. The molecule has 1 aliphatic rings. The van der Waals surface area contributed by atoms with Crippen LogP contribution in [0.1, 0.15) is 12.5 Å². The van der Waals surface area contributed by atoms with Gasteiger partial charge < -0.3 is 9.84 Å². The van der Waals surface area contributed by atoms with E-state index in [1.165, 1.54) is 32.3 Å². The normalized spacial score (nSPS) is 15.2. The number of carbonyl (C=O) groups excluding carboxylic acids is 1. The Bertz CT molecular complexity index is 839. The minimum absolute atomic E-state index is 0.0851. The van der Waals surface area contributed by atoms with Gasteiger partial charge in [-0.05, 0) is 25.2 Å². The number of carbonyl (C=O) groups is 1. The van der Waals surface area contributed by atoms with Gasteiger partial charge in [0.05, 0.1) is 12.3 Å². The first-order valence-electron chi connectivity index (χ1n) is 6.51. The lowest BCUT2D eigenvalue weighted by Gasteiger charge is -2.07. The van der Waals surface area contributed by atoms with Gasteiger partial charge in [-0.25, -0.2) is 14.6 Å². The summed E-state index contributed by atoms with van der Waals surface area (Å²) in [7, 11) is 2.65. The van der Waals surface area contributed by atoms with E-state index >= 15 is 0 Å². The number of rotatable bonds is 3. The van der Waals surface area contributed by atoms with E-state index < -0.39 is 23.1 Å². The van der Waals surface area contributed by atoms with Crippen molar-refractivity contribution in [3.8, 4) is 5.88 Å². The second kappa shape index (κ2) is 5.84. The standard InChI is InChI=1S/C14H15N3O5/c1-4-22-13(20)10-6-5-8(15-10)7-9-11(18)16(2)14(21)17(3)12(9)19/h5-7,18H,4H2,1-3H3. The molecule has 1 aromatic heterocycles. The van der Waals surface area contributed by atoms with Crippen LogP contribution in [0, 0.1) is 0 Å². The van der Waals surface area contributed by atoms with E-state index in [0.29, 0.717) is 5.70 Å². The summed E-state index contributed by atoms with van der Waals surface area (Å²) in [5, 5.41) is 9.94. The monoisotopic (exact) mass is 305 g/mol.